The molecule has 2 aliphatic rings. The van der Waals surface area contributed by atoms with E-state index in [-0.39, 0.29) is 12.2 Å². The highest BCUT2D eigenvalue weighted by atomic mass is 16.6. The summed E-state index contributed by atoms with van der Waals surface area (Å²) < 4.78 is 11.4. The summed E-state index contributed by atoms with van der Waals surface area (Å²) in [4.78, 5) is 2.17. The van der Waals surface area contributed by atoms with E-state index in [1.54, 1.807) is 0 Å². The molecule has 0 aliphatic carbocycles. The molecule has 1 atom stereocenters. The van der Waals surface area contributed by atoms with Crippen LogP contribution in [0.3, 0.4) is 0 Å². The third kappa shape index (κ3) is 1.86. The van der Waals surface area contributed by atoms with Gasteiger partial charge in [0, 0.05) is 19.6 Å². The van der Waals surface area contributed by atoms with Crippen LogP contribution in [0.2, 0.25) is 0 Å². The van der Waals surface area contributed by atoms with E-state index in [0.717, 1.165) is 31.1 Å². The Bertz CT molecular complexity index is 376. The standard InChI is InChI=1S/C12H15NO3/c14-9-5-13(6-9)7-10-8-15-11-3-1-2-4-12(11)16-10/h1-4,9-10,14H,5-8H2/t10-/m1/s1. The average Bonchev–Trinajstić information content (AvgIpc) is 2.27. The zero-order chi connectivity index (χ0) is 11.0. The number of aliphatic hydroxyl groups excluding tert-OH is 1. The van der Waals surface area contributed by atoms with E-state index in [1.807, 2.05) is 24.3 Å². The minimum Gasteiger partial charge on any atom is -0.486 e. The molecule has 0 radical (unpaired) electrons. The molecular weight excluding hydrogens is 206 g/mol. The number of hydrogen-bond acceptors (Lipinski definition) is 4. The lowest BCUT2D eigenvalue weighted by Crippen LogP contribution is -2.55. The van der Waals surface area contributed by atoms with E-state index in [9.17, 15) is 5.11 Å². The van der Waals surface area contributed by atoms with Crippen molar-refractivity contribution in [1.29, 1.82) is 0 Å². The first kappa shape index (κ1) is 9.93. The molecule has 0 bridgehead atoms. The maximum absolute atomic E-state index is 9.19. The number of benzene rings is 1. The first-order valence-corrected chi connectivity index (χ1v) is 5.60. The van der Waals surface area contributed by atoms with Crippen LogP contribution in [0.5, 0.6) is 11.5 Å². The summed E-state index contributed by atoms with van der Waals surface area (Å²) in [6, 6.07) is 7.72. The highest BCUT2D eigenvalue weighted by Crippen LogP contribution is 2.31. The van der Waals surface area contributed by atoms with Gasteiger partial charge in [0.2, 0.25) is 0 Å². The molecule has 3 rings (SSSR count). The van der Waals surface area contributed by atoms with E-state index in [0.29, 0.717) is 6.61 Å². The molecule has 1 N–H and O–H groups in total. The van der Waals surface area contributed by atoms with E-state index >= 15 is 0 Å². The van der Waals surface area contributed by atoms with Crippen molar-refractivity contribution >= 4 is 0 Å². The Morgan fingerprint density at radius 1 is 1.25 bits per heavy atom. The molecule has 0 saturated carbocycles. The van der Waals surface area contributed by atoms with Gasteiger partial charge >= 0.3 is 0 Å². The van der Waals surface area contributed by atoms with Crippen LogP contribution in [0.4, 0.5) is 0 Å². The van der Waals surface area contributed by atoms with Gasteiger partial charge in [0.1, 0.15) is 12.7 Å². The molecular formula is C12H15NO3. The number of fused-ring (bicyclic) bond motifs is 1. The summed E-state index contributed by atoms with van der Waals surface area (Å²) >= 11 is 0. The van der Waals surface area contributed by atoms with Gasteiger partial charge < -0.3 is 14.6 Å². The van der Waals surface area contributed by atoms with Crippen LogP contribution in [-0.4, -0.2) is 48.5 Å². The lowest BCUT2D eigenvalue weighted by atomic mass is 10.1. The van der Waals surface area contributed by atoms with Gasteiger partial charge in [0.05, 0.1) is 6.10 Å². The first-order valence-electron chi connectivity index (χ1n) is 5.60. The highest BCUT2D eigenvalue weighted by Gasteiger charge is 2.29. The zero-order valence-corrected chi connectivity index (χ0v) is 9.00. The molecule has 86 valence electrons. The molecule has 1 aromatic rings. The molecule has 2 heterocycles. The summed E-state index contributed by atoms with van der Waals surface area (Å²) in [6.45, 7) is 2.91. The van der Waals surface area contributed by atoms with Crippen LogP contribution >= 0.6 is 0 Å². The molecule has 1 aromatic carbocycles. The second-order valence-corrected chi connectivity index (χ2v) is 4.37. The summed E-state index contributed by atoms with van der Waals surface area (Å²) in [6.07, 6.45) is -0.0841. The highest BCUT2D eigenvalue weighted by molar-refractivity contribution is 5.40. The largest absolute Gasteiger partial charge is 0.486 e. The third-order valence-electron chi connectivity index (χ3n) is 2.97. The summed E-state index contributed by atoms with van der Waals surface area (Å²) in [5, 5.41) is 9.19. The van der Waals surface area contributed by atoms with E-state index in [2.05, 4.69) is 4.90 Å². The molecule has 1 saturated heterocycles. The number of aliphatic hydroxyl groups is 1. The number of likely N-dealkylation sites (tertiary alicyclic amines) is 1. The van der Waals surface area contributed by atoms with Gasteiger partial charge in [-0.15, -0.1) is 0 Å². The maximum atomic E-state index is 9.19. The minimum atomic E-state index is -0.156. The molecule has 16 heavy (non-hydrogen) atoms. The maximum Gasteiger partial charge on any atom is 0.161 e. The predicted molar refractivity (Wildman–Crippen MR) is 58.8 cm³/mol. The van der Waals surface area contributed by atoms with Crippen molar-refractivity contribution in [2.24, 2.45) is 0 Å². The monoisotopic (exact) mass is 221 g/mol. The summed E-state index contributed by atoms with van der Waals surface area (Å²) in [5.74, 6) is 1.64. The molecule has 0 aromatic heterocycles. The van der Waals surface area contributed by atoms with Gasteiger partial charge in [0.25, 0.3) is 0 Å². The van der Waals surface area contributed by atoms with Crippen molar-refractivity contribution in [3.8, 4) is 11.5 Å². The molecule has 0 amide bonds. The first-order chi connectivity index (χ1) is 7.81. The van der Waals surface area contributed by atoms with Gasteiger partial charge in [-0.3, -0.25) is 4.90 Å². The van der Waals surface area contributed by atoms with Crippen molar-refractivity contribution in [3.05, 3.63) is 24.3 Å². The van der Waals surface area contributed by atoms with Crippen molar-refractivity contribution < 1.29 is 14.6 Å². The minimum absolute atomic E-state index is 0.0717. The van der Waals surface area contributed by atoms with Crippen molar-refractivity contribution in [1.82, 2.24) is 4.90 Å². The van der Waals surface area contributed by atoms with Crippen molar-refractivity contribution in [2.45, 2.75) is 12.2 Å². The Morgan fingerprint density at radius 2 is 2.00 bits per heavy atom. The third-order valence-corrected chi connectivity index (χ3v) is 2.97. The fourth-order valence-electron chi connectivity index (χ4n) is 2.13. The normalized spacial score (nSPS) is 25.2. The second kappa shape index (κ2) is 3.96. The molecule has 1 fully saturated rings. The molecule has 4 nitrogen and oxygen atoms in total. The predicted octanol–water partition coefficient (Wildman–Crippen LogP) is 0.503. The lowest BCUT2D eigenvalue weighted by Gasteiger charge is -2.39. The fraction of sp³-hybridized carbons (Fsp3) is 0.500. The van der Waals surface area contributed by atoms with Gasteiger partial charge in [0.15, 0.2) is 11.5 Å². The number of ether oxygens (including phenoxy) is 2. The SMILES string of the molecule is OC1CN(C[C@@H]2COc3ccccc3O2)C1. The average molecular weight is 221 g/mol. The Labute approximate surface area is 94.4 Å². The lowest BCUT2D eigenvalue weighted by molar-refractivity contribution is -0.0298. The smallest absolute Gasteiger partial charge is 0.161 e. The molecule has 2 aliphatic heterocycles. The Morgan fingerprint density at radius 3 is 2.75 bits per heavy atom. The number of nitrogens with zero attached hydrogens (tertiary/aromatic N) is 1. The van der Waals surface area contributed by atoms with Crippen molar-refractivity contribution in [2.75, 3.05) is 26.2 Å². The number of β-amino-alcohol motifs (C(OH)–C–C–N with tert-alkyl or cyclic N) is 1. The van der Waals surface area contributed by atoms with Crippen LogP contribution in [-0.2, 0) is 0 Å². The number of rotatable bonds is 2. The van der Waals surface area contributed by atoms with E-state index in [4.69, 9.17) is 9.47 Å². The quantitative estimate of drug-likeness (QED) is 0.789. The summed E-state index contributed by atoms with van der Waals surface area (Å²) in [5.41, 5.74) is 0. The van der Waals surface area contributed by atoms with Crippen LogP contribution in [0.1, 0.15) is 0 Å². The Balaban J connectivity index is 1.60. The summed E-state index contributed by atoms with van der Waals surface area (Å²) in [7, 11) is 0. The van der Waals surface area contributed by atoms with Gasteiger partial charge in [-0.05, 0) is 12.1 Å². The molecule has 0 spiro atoms. The zero-order valence-electron chi connectivity index (χ0n) is 9.00. The Hall–Kier alpha value is -1.26. The van der Waals surface area contributed by atoms with Crippen LogP contribution in [0, 0.1) is 0 Å². The number of para-hydroxylation sites is 2. The van der Waals surface area contributed by atoms with Gasteiger partial charge in [-0.1, -0.05) is 12.1 Å². The van der Waals surface area contributed by atoms with Crippen molar-refractivity contribution in [3.63, 3.8) is 0 Å². The van der Waals surface area contributed by atoms with Gasteiger partial charge in [-0.25, -0.2) is 0 Å². The second-order valence-electron chi connectivity index (χ2n) is 4.37. The number of hydrogen-bond donors (Lipinski definition) is 1. The van der Waals surface area contributed by atoms with E-state index < -0.39 is 0 Å². The van der Waals surface area contributed by atoms with Gasteiger partial charge in [-0.2, -0.15) is 0 Å². The van der Waals surface area contributed by atoms with Crippen LogP contribution in [0.15, 0.2) is 24.3 Å². The Kier molecular flexibility index (Phi) is 2.46. The van der Waals surface area contributed by atoms with Crippen LogP contribution in [0.25, 0.3) is 0 Å². The molecule has 4 heteroatoms. The van der Waals surface area contributed by atoms with Crippen LogP contribution < -0.4 is 9.47 Å². The fourth-order valence-corrected chi connectivity index (χ4v) is 2.13. The molecule has 0 unspecified atom stereocenters. The van der Waals surface area contributed by atoms with E-state index in [1.165, 1.54) is 0 Å². The topological polar surface area (TPSA) is 41.9 Å².